The van der Waals surface area contributed by atoms with Gasteiger partial charge in [0.2, 0.25) is 0 Å². The summed E-state index contributed by atoms with van der Waals surface area (Å²) in [5.74, 6) is 0.718. The summed E-state index contributed by atoms with van der Waals surface area (Å²) in [6.45, 7) is 0. The fourth-order valence-corrected chi connectivity index (χ4v) is 4.03. The molecule has 3 aromatic heterocycles. The van der Waals surface area contributed by atoms with E-state index in [-0.39, 0.29) is 0 Å². The molecule has 0 bridgehead atoms. The van der Waals surface area contributed by atoms with Crippen molar-refractivity contribution in [3.63, 3.8) is 0 Å². The number of hydrogen-bond donors (Lipinski definition) is 2. The van der Waals surface area contributed by atoms with Crippen LogP contribution in [0.25, 0.3) is 32.7 Å². The van der Waals surface area contributed by atoms with E-state index >= 15 is 0 Å². The molecule has 0 fully saturated rings. The van der Waals surface area contributed by atoms with E-state index in [1.54, 1.807) is 20.2 Å². The predicted molar refractivity (Wildman–Crippen MR) is 104 cm³/mol. The average Bonchev–Trinajstić information content (AvgIpc) is 3.24. The normalized spacial score (nSPS) is 11.2. The van der Waals surface area contributed by atoms with Gasteiger partial charge in [-0.2, -0.15) is 0 Å². The zero-order valence-corrected chi connectivity index (χ0v) is 15.5. The van der Waals surface area contributed by atoms with Gasteiger partial charge in [0.05, 0.1) is 27.4 Å². The SMILES string of the molecule is COc1ccc(-c2c(-c3ccc(Cl)s3)[nH]c3c2c(=O)[nH]c(=O)n3C)cc1. The maximum atomic E-state index is 12.6. The standard InChI is InChI=1S/C18H14ClN3O3S/c1-22-16-14(17(23)21-18(22)24)13(9-3-5-10(25-2)6-4-9)15(20-16)11-7-8-12(19)26-11/h3-8,20H,1-2H3,(H,21,23,24). The Morgan fingerprint density at radius 2 is 1.81 bits per heavy atom. The molecular formula is C18H14ClN3O3S. The number of aromatic amines is 2. The molecule has 1 aromatic carbocycles. The number of halogens is 1. The topological polar surface area (TPSA) is 79.9 Å². The molecule has 0 radical (unpaired) electrons. The van der Waals surface area contributed by atoms with Crippen molar-refractivity contribution in [2.75, 3.05) is 7.11 Å². The van der Waals surface area contributed by atoms with Crippen LogP contribution in [-0.4, -0.2) is 21.6 Å². The largest absolute Gasteiger partial charge is 0.497 e. The van der Waals surface area contributed by atoms with Crippen LogP contribution in [0.4, 0.5) is 0 Å². The average molecular weight is 388 g/mol. The Morgan fingerprint density at radius 3 is 2.42 bits per heavy atom. The number of fused-ring (bicyclic) bond motifs is 1. The number of aromatic nitrogens is 3. The number of ether oxygens (including phenoxy) is 1. The van der Waals surface area contributed by atoms with Gasteiger partial charge in [-0.15, -0.1) is 11.3 Å². The van der Waals surface area contributed by atoms with E-state index in [1.165, 1.54) is 15.9 Å². The van der Waals surface area contributed by atoms with Crippen molar-refractivity contribution in [1.82, 2.24) is 14.5 Å². The predicted octanol–water partition coefficient (Wildman–Crippen LogP) is 3.61. The maximum Gasteiger partial charge on any atom is 0.329 e. The van der Waals surface area contributed by atoms with Gasteiger partial charge >= 0.3 is 5.69 Å². The Balaban J connectivity index is 2.12. The molecule has 0 aliphatic rings. The molecule has 0 atom stereocenters. The monoisotopic (exact) mass is 387 g/mol. The molecular weight excluding hydrogens is 374 g/mol. The number of H-pyrrole nitrogens is 2. The van der Waals surface area contributed by atoms with E-state index in [2.05, 4.69) is 9.97 Å². The molecule has 6 nitrogen and oxygen atoms in total. The van der Waals surface area contributed by atoms with Gasteiger partial charge in [-0.3, -0.25) is 14.3 Å². The van der Waals surface area contributed by atoms with Crippen LogP contribution in [0, 0.1) is 0 Å². The van der Waals surface area contributed by atoms with E-state index in [0.29, 0.717) is 15.4 Å². The highest BCUT2D eigenvalue weighted by molar-refractivity contribution is 7.19. The minimum atomic E-state index is -0.471. The van der Waals surface area contributed by atoms with Gasteiger partial charge in [0, 0.05) is 12.6 Å². The van der Waals surface area contributed by atoms with E-state index in [1.807, 2.05) is 30.3 Å². The summed E-state index contributed by atoms with van der Waals surface area (Å²) in [6.07, 6.45) is 0. The summed E-state index contributed by atoms with van der Waals surface area (Å²) in [7, 11) is 3.21. The number of thiophene rings is 1. The molecule has 0 saturated carbocycles. The Kier molecular flexibility index (Phi) is 3.97. The van der Waals surface area contributed by atoms with Crippen LogP contribution in [0.3, 0.4) is 0 Å². The molecule has 0 amide bonds. The Labute approximate surface area is 156 Å². The number of aryl methyl sites for hydroxylation is 1. The van der Waals surface area contributed by atoms with Crippen LogP contribution in [0.5, 0.6) is 5.75 Å². The van der Waals surface area contributed by atoms with E-state index in [9.17, 15) is 9.59 Å². The van der Waals surface area contributed by atoms with Gasteiger partial charge in [-0.1, -0.05) is 23.7 Å². The lowest BCUT2D eigenvalue weighted by molar-refractivity contribution is 0.415. The zero-order valence-electron chi connectivity index (χ0n) is 13.9. The third-order valence-corrected chi connectivity index (χ3v) is 5.51. The highest BCUT2D eigenvalue weighted by Gasteiger charge is 2.21. The highest BCUT2D eigenvalue weighted by Crippen LogP contribution is 2.40. The van der Waals surface area contributed by atoms with E-state index in [4.69, 9.17) is 16.3 Å². The second-order valence-corrected chi connectivity index (χ2v) is 7.46. The molecule has 2 N–H and O–H groups in total. The van der Waals surface area contributed by atoms with Crippen molar-refractivity contribution in [1.29, 1.82) is 0 Å². The van der Waals surface area contributed by atoms with Gasteiger partial charge < -0.3 is 9.72 Å². The summed E-state index contributed by atoms with van der Waals surface area (Å²) in [5, 5.41) is 0.428. The quantitative estimate of drug-likeness (QED) is 0.563. The summed E-state index contributed by atoms with van der Waals surface area (Å²) in [4.78, 5) is 31.1. The van der Waals surface area contributed by atoms with Crippen LogP contribution < -0.4 is 16.0 Å². The third kappa shape index (κ3) is 2.56. The minimum Gasteiger partial charge on any atom is -0.497 e. The molecule has 0 spiro atoms. The molecule has 3 heterocycles. The first kappa shape index (κ1) is 16.7. The molecule has 0 aliphatic heterocycles. The van der Waals surface area contributed by atoms with Crippen molar-refractivity contribution >= 4 is 34.0 Å². The van der Waals surface area contributed by atoms with Crippen LogP contribution in [-0.2, 0) is 7.05 Å². The first-order chi connectivity index (χ1) is 12.5. The van der Waals surface area contributed by atoms with Gasteiger partial charge in [0.15, 0.2) is 0 Å². The van der Waals surface area contributed by atoms with Gasteiger partial charge in [-0.25, -0.2) is 4.79 Å². The lowest BCUT2D eigenvalue weighted by Gasteiger charge is -2.05. The summed E-state index contributed by atoms with van der Waals surface area (Å²) < 4.78 is 7.25. The fraction of sp³-hybridized carbons (Fsp3) is 0.111. The first-order valence-electron chi connectivity index (χ1n) is 7.74. The van der Waals surface area contributed by atoms with Crippen molar-refractivity contribution in [2.24, 2.45) is 7.05 Å². The second-order valence-electron chi connectivity index (χ2n) is 5.75. The van der Waals surface area contributed by atoms with Crippen molar-refractivity contribution in [3.05, 3.63) is 61.6 Å². The lowest BCUT2D eigenvalue weighted by atomic mass is 10.0. The number of benzene rings is 1. The summed E-state index contributed by atoms with van der Waals surface area (Å²) in [6, 6.07) is 11.1. The highest BCUT2D eigenvalue weighted by atomic mass is 35.5. The van der Waals surface area contributed by atoms with Gasteiger partial charge in [0.1, 0.15) is 11.4 Å². The van der Waals surface area contributed by atoms with Crippen LogP contribution in [0.1, 0.15) is 0 Å². The molecule has 8 heteroatoms. The molecule has 4 rings (SSSR count). The van der Waals surface area contributed by atoms with Crippen LogP contribution >= 0.6 is 22.9 Å². The Hall–Kier alpha value is -2.77. The molecule has 132 valence electrons. The van der Waals surface area contributed by atoms with Crippen molar-refractivity contribution in [2.45, 2.75) is 0 Å². The number of rotatable bonds is 3. The zero-order chi connectivity index (χ0) is 18.4. The molecule has 4 aromatic rings. The Morgan fingerprint density at radius 1 is 1.08 bits per heavy atom. The summed E-state index contributed by atoms with van der Waals surface area (Å²) >= 11 is 7.50. The Bertz CT molecular complexity index is 1230. The molecule has 26 heavy (non-hydrogen) atoms. The van der Waals surface area contributed by atoms with Crippen molar-refractivity contribution < 1.29 is 4.74 Å². The third-order valence-electron chi connectivity index (χ3n) is 4.27. The van der Waals surface area contributed by atoms with Gasteiger partial charge in [-0.05, 0) is 29.8 Å². The molecule has 0 unspecified atom stereocenters. The first-order valence-corrected chi connectivity index (χ1v) is 8.94. The smallest absolute Gasteiger partial charge is 0.329 e. The van der Waals surface area contributed by atoms with E-state index < -0.39 is 11.2 Å². The van der Waals surface area contributed by atoms with Crippen molar-refractivity contribution in [3.8, 4) is 27.4 Å². The van der Waals surface area contributed by atoms with Gasteiger partial charge in [0.25, 0.3) is 5.56 Å². The molecule has 0 saturated heterocycles. The summed E-state index contributed by atoms with van der Waals surface area (Å²) in [5.41, 5.74) is 1.86. The van der Waals surface area contributed by atoms with Crippen LogP contribution in [0.2, 0.25) is 4.34 Å². The fourth-order valence-electron chi connectivity index (χ4n) is 2.98. The second kappa shape index (κ2) is 6.19. The minimum absolute atomic E-state index is 0.428. The van der Waals surface area contributed by atoms with Crippen LogP contribution in [0.15, 0.2) is 46.0 Å². The number of hydrogen-bond acceptors (Lipinski definition) is 4. The number of nitrogens with zero attached hydrogens (tertiary/aromatic N) is 1. The number of methoxy groups -OCH3 is 1. The lowest BCUT2D eigenvalue weighted by Crippen LogP contribution is -2.28. The molecule has 0 aliphatic carbocycles. The number of nitrogens with one attached hydrogen (secondary N) is 2. The maximum absolute atomic E-state index is 12.6. The van der Waals surface area contributed by atoms with E-state index in [0.717, 1.165) is 27.4 Å².